The maximum Gasteiger partial charge on any atom is 0.0680 e. The highest BCUT2D eigenvalue weighted by Crippen LogP contribution is 2.48. The van der Waals surface area contributed by atoms with E-state index in [0.717, 1.165) is 6.54 Å². The van der Waals surface area contributed by atoms with Gasteiger partial charge in [0.1, 0.15) is 0 Å². The summed E-state index contributed by atoms with van der Waals surface area (Å²) in [7, 11) is 0. The van der Waals surface area contributed by atoms with Crippen molar-refractivity contribution in [1.82, 2.24) is 9.78 Å². The number of hydrogen-bond acceptors (Lipinski definition) is 2. The average Bonchev–Trinajstić information content (AvgIpc) is 2.93. The standard InChI is InChI=1S/C13H15N3/c14-9-10-8-12(10)11-4-1-2-5-13(11)16-7-3-6-15-16/h1-7,10,12H,8-9,14H2/t10-,12+/m0/s1. The first-order valence-corrected chi connectivity index (χ1v) is 5.69. The van der Waals surface area contributed by atoms with Crippen LogP contribution in [0.2, 0.25) is 0 Å². The number of nitrogens with two attached hydrogens (primary N) is 1. The lowest BCUT2D eigenvalue weighted by atomic mass is 10.1. The fraction of sp³-hybridized carbons (Fsp3) is 0.308. The Morgan fingerprint density at radius 2 is 2.19 bits per heavy atom. The molecular weight excluding hydrogens is 198 g/mol. The van der Waals surface area contributed by atoms with Gasteiger partial charge in [-0.25, -0.2) is 4.68 Å². The molecule has 16 heavy (non-hydrogen) atoms. The lowest BCUT2D eigenvalue weighted by Crippen LogP contribution is -2.04. The highest BCUT2D eigenvalue weighted by molar-refractivity contribution is 5.45. The summed E-state index contributed by atoms with van der Waals surface area (Å²) < 4.78 is 1.93. The molecule has 0 saturated heterocycles. The second-order valence-electron chi connectivity index (χ2n) is 4.35. The fourth-order valence-electron chi connectivity index (χ4n) is 2.31. The van der Waals surface area contributed by atoms with E-state index in [1.165, 1.54) is 17.7 Å². The molecule has 2 aromatic rings. The number of aromatic nitrogens is 2. The minimum absolute atomic E-state index is 0.630. The smallest absolute Gasteiger partial charge is 0.0680 e. The molecule has 0 aliphatic heterocycles. The summed E-state index contributed by atoms with van der Waals surface area (Å²) in [5.41, 5.74) is 8.27. The van der Waals surface area contributed by atoms with Crippen LogP contribution in [0.5, 0.6) is 0 Å². The predicted molar refractivity (Wildman–Crippen MR) is 63.5 cm³/mol. The summed E-state index contributed by atoms with van der Waals surface area (Å²) in [5, 5.41) is 4.29. The molecule has 3 rings (SSSR count). The molecule has 1 aromatic heterocycles. The lowest BCUT2D eigenvalue weighted by Gasteiger charge is -2.08. The average molecular weight is 213 g/mol. The van der Waals surface area contributed by atoms with Crippen molar-refractivity contribution >= 4 is 0 Å². The van der Waals surface area contributed by atoms with Crippen LogP contribution in [0.4, 0.5) is 0 Å². The zero-order valence-corrected chi connectivity index (χ0v) is 9.08. The van der Waals surface area contributed by atoms with Gasteiger partial charge in [0, 0.05) is 12.4 Å². The first kappa shape index (κ1) is 9.60. The Labute approximate surface area is 94.9 Å². The van der Waals surface area contributed by atoms with E-state index in [0.29, 0.717) is 11.8 Å². The first-order chi connectivity index (χ1) is 7.90. The summed E-state index contributed by atoms with van der Waals surface area (Å²) in [5.74, 6) is 1.29. The van der Waals surface area contributed by atoms with E-state index in [1.54, 1.807) is 0 Å². The van der Waals surface area contributed by atoms with Gasteiger partial charge in [-0.3, -0.25) is 0 Å². The van der Waals surface area contributed by atoms with Crippen LogP contribution in [0.3, 0.4) is 0 Å². The van der Waals surface area contributed by atoms with Crippen LogP contribution in [-0.4, -0.2) is 16.3 Å². The summed E-state index contributed by atoms with van der Waals surface area (Å²) in [6, 6.07) is 10.4. The van der Waals surface area contributed by atoms with Gasteiger partial charge in [-0.2, -0.15) is 5.10 Å². The Morgan fingerprint density at radius 3 is 2.88 bits per heavy atom. The zero-order valence-electron chi connectivity index (χ0n) is 9.08. The molecule has 2 N–H and O–H groups in total. The van der Waals surface area contributed by atoms with Crippen LogP contribution in [0.25, 0.3) is 5.69 Å². The summed E-state index contributed by atoms with van der Waals surface area (Å²) >= 11 is 0. The molecule has 3 heteroatoms. The topological polar surface area (TPSA) is 43.8 Å². The summed E-state index contributed by atoms with van der Waals surface area (Å²) in [6.07, 6.45) is 5.01. The van der Waals surface area contributed by atoms with E-state index in [2.05, 4.69) is 29.4 Å². The third-order valence-corrected chi connectivity index (χ3v) is 3.31. The van der Waals surface area contributed by atoms with Crippen molar-refractivity contribution in [2.45, 2.75) is 12.3 Å². The highest BCUT2D eigenvalue weighted by Gasteiger charge is 2.38. The van der Waals surface area contributed by atoms with Crippen molar-refractivity contribution < 1.29 is 0 Å². The molecular formula is C13H15N3. The lowest BCUT2D eigenvalue weighted by molar-refractivity contribution is 0.795. The van der Waals surface area contributed by atoms with Gasteiger partial charge in [0.2, 0.25) is 0 Å². The van der Waals surface area contributed by atoms with Crippen LogP contribution in [-0.2, 0) is 0 Å². The SMILES string of the molecule is NC[C@@H]1C[C@H]1c1ccccc1-n1cccn1. The van der Waals surface area contributed by atoms with E-state index in [4.69, 9.17) is 5.73 Å². The van der Waals surface area contributed by atoms with Gasteiger partial charge in [0.25, 0.3) is 0 Å². The third kappa shape index (κ3) is 1.53. The maximum absolute atomic E-state index is 5.71. The van der Waals surface area contributed by atoms with Crippen LogP contribution in [0.15, 0.2) is 42.7 Å². The Kier molecular flexibility index (Phi) is 2.26. The predicted octanol–water partition coefficient (Wildman–Crippen LogP) is 1.93. The van der Waals surface area contributed by atoms with Crippen LogP contribution in [0.1, 0.15) is 17.9 Å². The highest BCUT2D eigenvalue weighted by atomic mass is 15.3. The van der Waals surface area contributed by atoms with Gasteiger partial charge in [0.15, 0.2) is 0 Å². The molecule has 0 bridgehead atoms. The molecule has 2 atom stereocenters. The van der Waals surface area contributed by atoms with Crippen molar-refractivity contribution in [3.63, 3.8) is 0 Å². The maximum atomic E-state index is 5.71. The van der Waals surface area contributed by atoms with Crippen LogP contribution >= 0.6 is 0 Å². The van der Waals surface area contributed by atoms with E-state index in [1.807, 2.05) is 23.1 Å². The van der Waals surface area contributed by atoms with Crippen molar-refractivity contribution in [1.29, 1.82) is 0 Å². The molecule has 3 nitrogen and oxygen atoms in total. The zero-order chi connectivity index (χ0) is 11.0. The molecule has 82 valence electrons. The fourth-order valence-corrected chi connectivity index (χ4v) is 2.31. The third-order valence-electron chi connectivity index (χ3n) is 3.31. The van der Waals surface area contributed by atoms with Gasteiger partial charge < -0.3 is 5.73 Å². The monoisotopic (exact) mass is 213 g/mol. The minimum Gasteiger partial charge on any atom is -0.330 e. The molecule has 0 radical (unpaired) electrons. The summed E-state index contributed by atoms with van der Waals surface area (Å²) in [6.45, 7) is 0.790. The van der Waals surface area contributed by atoms with Gasteiger partial charge in [-0.1, -0.05) is 18.2 Å². The first-order valence-electron chi connectivity index (χ1n) is 5.69. The molecule has 1 aliphatic rings. The summed E-state index contributed by atoms with van der Waals surface area (Å²) in [4.78, 5) is 0. The molecule has 0 spiro atoms. The molecule has 1 aromatic carbocycles. The minimum atomic E-state index is 0.630. The second-order valence-corrected chi connectivity index (χ2v) is 4.35. The molecule has 0 amide bonds. The molecule has 1 heterocycles. The number of para-hydroxylation sites is 1. The van der Waals surface area contributed by atoms with Gasteiger partial charge in [-0.15, -0.1) is 0 Å². The van der Waals surface area contributed by atoms with E-state index < -0.39 is 0 Å². The largest absolute Gasteiger partial charge is 0.330 e. The molecule has 0 unspecified atom stereocenters. The van der Waals surface area contributed by atoms with Gasteiger partial charge in [0.05, 0.1) is 5.69 Å². The number of nitrogens with zero attached hydrogens (tertiary/aromatic N) is 2. The number of hydrogen-bond donors (Lipinski definition) is 1. The van der Waals surface area contributed by atoms with Crippen molar-refractivity contribution in [3.05, 3.63) is 48.3 Å². The van der Waals surface area contributed by atoms with E-state index in [-0.39, 0.29) is 0 Å². The normalized spacial score (nSPS) is 23.3. The van der Waals surface area contributed by atoms with Crippen molar-refractivity contribution in [3.8, 4) is 5.69 Å². The Morgan fingerprint density at radius 1 is 1.31 bits per heavy atom. The Bertz CT molecular complexity index is 476. The Hall–Kier alpha value is -1.61. The molecule has 1 saturated carbocycles. The second kappa shape index (κ2) is 3.76. The Balaban J connectivity index is 2.00. The van der Waals surface area contributed by atoms with Crippen molar-refractivity contribution in [2.24, 2.45) is 11.7 Å². The van der Waals surface area contributed by atoms with Gasteiger partial charge in [-0.05, 0) is 42.5 Å². The molecule has 1 fully saturated rings. The van der Waals surface area contributed by atoms with E-state index in [9.17, 15) is 0 Å². The number of rotatable bonds is 3. The van der Waals surface area contributed by atoms with Gasteiger partial charge >= 0.3 is 0 Å². The number of benzene rings is 1. The molecule has 1 aliphatic carbocycles. The van der Waals surface area contributed by atoms with Crippen molar-refractivity contribution in [2.75, 3.05) is 6.54 Å². The van der Waals surface area contributed by atoms with Crippen LogP contribution in [0, 0.1) is 5.92 Å². The van der Waals surface area contributed by atoms with Crippen LogP contribution < -0.4 is 5.73 Å². The van der Waals surface area contributed by atoms with E-state index >= 15 is 0 Å². The quantitative estimate of drug-likeness (QED) is 0.846.